The minimum Gasteiger partial charge on any atom is -0.368 e. The number of fused-ring (bicyclic) bond motifs is 1. The van der Waals surface area contributed by atoms with Crippen LogP contribution in [-0.4, -0.2) is 26.8 Å². The number of aryl methyl sites for hydroxylation is 1. The molecule has 0 N–H and O–H groups in total. The van der Waals surface area contributed by atoms with Gasteiger partial charge in [-0.1, -0.05) is 19.1 Å². The Hall–Kier alpha value is -1.54. The largest absolute Gasteiger partial charge is 0.368 e. The predicted octanol–water partition coefficient (Wildman–Crippen LogP) is 1.75. The third kappa shape index (κ3) is 1.60. The van der Waals surface area contributed by atoms with E-state index >= 15 is 0 Å². The molecule has 0 spiro atoms. The third-order valence-corrected chi connectivity index (χ3v) is 5.74. The van der Waals surface area contributed by atoms with Crippen LogP contribution in [-0.2, 0) is 16.3 Å². The first-order valence-electron chi connectivity index (χ1n) is 5.93. The maximum absolute atomic E-state index is 12.4. The number of para-hydroxylation sites is 1. The van der Waals surface area contributed by atoms with Gasteiger partial charge in [-0.15, -0.1) is 0 Å². The lowest BCUT2D eigenvalue weighted by atomic mass is 10.1. The van der Waals surface area contributed by atoms with Crippen LogP contribution < -0.4 is 4.90 Å². The van der Waals surface area contributed by atoms with Crippen molar-refractivity contribution < 1.29 is 8.42 Å². The summed E-state index contributed by atoms with van der Waals surface area (Å²) in [6.45, 7) is 3.78. The molecule has 1 aromatic rings. The lowest BCUT2D eigenvalue weighted by Crippen LogP contribution is -2.47. The van der Waals surface area contributed by atoms with Crippen molar-refractivity contribution in [3.8, 4) is 6.07 Å². The molecule has 0 aliphatic carbocycles. The van der Waals surface area contributed by atoms with Gasteiger partial charge in [-0.2, -0.15) is 5.26 Å². The number of sulfone groups is 1. The number of hydrogen-bond donors (Lipinski definition) is 0. The zero-order valence-electron chi connectivity index (χ0n) is 10.7. The second-order valence-corrected chi connectivity index (χ2v) is 6.60. The molecule has 1 aliphatic heterocycles. The predicted molar refractivity (Wildman–Crippen MR) is 70.3 cm³/mol. The van der Waals surface area contributed by atoms with Crippen molar-refractivity contribution in [2.45, 2.75) is 36.5 Å². The van der Waals surface area contributed by atoms with E-state index in [0.717, 1.165) is 17.7 Å². The second-order valence-electron chi connectivity index (χ2n) is 4.56. The van der Waals surface area contributed by atoms with Crippen LogP contribution >= 0.6 is 0 Å². The monoisotopic (exact) mass is 264 g/mol. The lowest BCUT2D eigenvalue weighted by Gasteiger charge is -2.37. The first-order valence-corrected chi connectivity index (χ1v) is 7.48. The first kappa shape index (κ1) is 12.9. The van der Waals surface area contributed by atoms with Crippen LogP contribution in [0.5, 0.6) is 0 Å². The molecule has 1 heterocycles. The molecule has 0 saturated carbocycles. The molecule has 0 fully saturated rings. The highest BCUT2D eigenvalue weighted by atomic mass is 32.2. The Kier molecular flexibility index (Phi) is 3.07. The number of nitriles is 1. The van der Waals surface area contributed by atoms with E-state index in [1.54, 1.807) is 19.1 Å². The molecule has 18 heavy (non-hydrogen) atoms. The Labute approximate surface area is 108 Å². The number of benzene rings is 1. The van der Waals surface area contributed by atoms with E-state index in [0.29, 0.717) is 0 Å². The molecule has 5 heteroatoms. The molecule has 96 valence electrons. The van der Waals surface area contributed by atoms with Gasteiger partial charge < -0.3 is 4.90 Å². The molecular weight excluding hydrogens is 248 g/mol. The van der Waals surface area contributed by atoms with E-state index in [2.05, 4.69) is 0 Å². The normalized spacial score (nSPS) is 25.3. The van der Waals surface area contributed by atoms with E-state index in [-0.39, 0.29) is 10.9 Å². The van der Waals surface area contributed by atoms with Crippen LogP contribution in [0.3, 0.4) is 0 Å². The number of hydrogen-bond acceptors (Lipinski definition) is 4. The third-order valence-electron chi connectivity index (χ3n) is 3.63. The fourth-order valence-corrected chi connectivity index (χ4v) is 4.39. The van der Waals surface area contributed by atoms with Gasteiger partial charge in [0.2, 0.25) is 0 Å². The Balaban J connectivity index is 2.79. The van der Waals surface area contributed by atoms with Crippen LogP contribution in [0.2, 0.25) is 0 Å². The molecule has 0 bridgehead atoms. The summed E-state index contributed by atoms with van der Waals surface area (Å²) >= 11 is 0. The number of rotatable bonds is 1. The van der Waals surface area contributed by atoms with Gasteiger partial charge >= 0.3 is 0 Å². The smallest absolute Gasteiger partial charge is 0.198 e. The lowest BCUT2D eigenvalue weighted by molar-refractivity contribution is 0.562. The summed E-state index contributed by atoms with van der Waals surface area (Å²) < 4.78 is 24.8. The Morgan fingerprint density at radius 3 is 2.67 bits per heavy atom. The molecule has 1 aromatic carbocycles. The second kappa shape index (κ2) is 4.29. The Morgan fingerprint density at radius 2 is 2.11 bits per heavy atom. The van der Waals surface area contributed by atoms with Gasteiger partial charge in [0, 0.05) is 7.05 Å². The summed E-state index contributed by atoms with van der Waals surface area (Å²) in [5, 5.41) is 8.11. The quantitative estimate of drug-likeness (QED) is 0.775. The summed E-state index contributed by atoms with van der Waals surface area (Å²) in [5.41, 5.74) is 1.75. The van der Waals surface area contributed by atoms with E-state index < -0.39 is 15.1 Å². The zero-order chi connectivity index (χ0) is 13.5. The van der Waals surface area contributed by atoms with Crippen molar-refractivity contribution in [3.05, 3.63) is 23.8 Å². The Morgan fingerprint density at radius 1 is 1.44 bits per heavy atom. The topological polar surface area (TPSA) is 61.2 Å². The maximum atomic E-state index is 12.4. The highest BCUT2D eigenvalue weighted by Crippen LogP contribution is 2.38. The van der Waals surface area contributed by atoms with Gasteiger partial charge in [-0.25, -0.2) is 8.42 Å². The zero-order valence-corrected chi connectivity index (χ0v) is 11.5. The SMILES string of the molecule is CCc1cccc2c1N(C)C(C)C(C#N)S2(=O)=O. The molecule has 2 atom stereocenters. The van der Waals surface area contributed by atoms with E-state index in [4.69, 9.17) is 5.26 Å². The first-order chi connectivity index (χ1) is 8.45. The van der Waals surface area contributed by atoms with Gasteiger partial charge in [0.15, 0.2) is 15.1 Å². The van der Waals surface area contributed by atoms with Gasteiger partial charge in [0.25, 0.3) is 0 Å². The molecule has 2 rings (SSSR count). The summed E-state index contributed by atoms with van der Waals surface area (Å²) in [7, 11) is -1.70. The summed E-state index contributed by atoms with van der Waals surface area (Å²) in [6.07, 6.45) is 0.771. The van der Waals surface area contributed by atoms with Gasteiger partial charge in [0.05, 0.1) is 22.7 Å². The molecule has 0 radical (unpaired) electrons. The van der Waals surface area contributed by atoms with Crippen LogP contribution in [0.15, 0.2) is 23.1 Å². The summed E-state index contributed by atoms with van der Waals surface area (Å²) in [4.78, 5) is 2.19. The average Bonchev–Trinajstić information content (AvgIpc) is 2.35. The van der Waals surface area contributed by atoms with Crippen LogP contribution in [0, 0.1) is 11.3 Å². The molecule has 0 amide bonds. The molecule has 1 aliphatic rings. The van der Waals surface area contributed by atoms with Gasteiger partial charge in [-0.05, 0) is 25.0 Å². The van der Waals surface area contributed by atoms with Crippen molar-refractivity contribution in [1.82, 2.24) is 0 Å². The van der Waals surface area contributed by atoms with E-state index in [1.807, 2.05) is 31.0 Å². The minimum absolute atomic E-state index is 0.286. The summed E-state index contributed by atoms with van der Waals surface area (Å²) in [6, 6.07) is 6.86. The maximum Gasteiger partial charge on any atom is 0.198 e. The minimum atomic E-state index is -3.55. The number of anilines is 1. The van der Waals surface area contributed by atoms with Crippen LogP contribution in [0.25, 0.3) is 0 Å². The van der Waals surface area contributed by atoms with Crippen molar-refractivity contribution in [2.75, 3.05) is 11.9 Å². The molecule has 2 unspecified atom stereocenters. The molecular formula is C13H16N2O2S. The van der Waals surface area contributed by atoms with Crippen molar-refractivity contribution >= 4 is 15.5 Å². The average molecular weight is 264 g/mol. The van der Waals surface area contributed by atoms with Crippen LogP contribution in [0.1, 0.15) is 19.4 Å². The Bertz CT molecular complexity index is 616. The fraction of sp³-hybridized carbons (Fsp3) is 0.462. The van der Waals surface area contributed by atoms with Crippen molar-refractivity contribution in [1.29, 1.82) is 5.26 Å². The molecule has 0 aromatic heterocycles. The number of nitrogens with zero attached hydrogens (tertiary/aromatic N) is 2. The van der Waals surface area contributed by atoms with Gasteiger partial charge in [-0.3, -0.25) is 0 Å². The molecule has 0 saturated heterocycles. The molecule has 4 nitrogen and oxygen atoms in total. The van der Waals surface area contributed by atoms with Crippen LogP contribution in [0.4, 0.5) is 5.69 Å². The van der Waals surface area contributed by atoms with E-state index in [1.165, 1.54) is 0 Å². The standard InChI is InChI=1S/C13H16N2O2S/c1-4-10-6-5-7-11-13(10)15(3)9(2)12(8-14)18(11,16)17/h5-7,9,12H,4H2,1-3H3. The summed E-state index contributed by atoms with van der Waals surface area (Å²) in [5.74, 6) is 0. The van der Waals surface area contributed by atoms with E-state index in [9.17, 15) is 8.42 Å². The van der Waals surface area contributed by atoms with Crippen molar-refractivity contribution in [3.63, 3.8) is 0 Å². The van der Waals surface area contributed by atoms with Gasteiger partial charge in [0.1, 0.15) is 0 Å². The van der Waals surface area contributed by atoms with Crippen molar-refractivity contribution in [2.24, 2.45) is 0 Å². The highest BCUT2D eigenvalue weighted by molar-refractivity contribution is 7.92. The highest BCUT2D eigenvalue weighted by Gasteiger charge is 2.42. The fourth-order valence-electron chi connectivity index (χ4n) is 2.46.